The number of anilines is 2. The van der Waals surface area contributed by atoms with Gasteiger partial charge < -0.3 is 20.5 Å². The summed E-state index contributed by atoms with van der Waals surface area (Å²) < 4.78 is 5.15. The molecule has 0 spiro atoms. The molecule has 4 nitrogen and oxygen atoms in total. The van der Waals surface area contributed by atoms with Crippen LogP contribution >= 0.6 is 0 Å². The second-order valence-corrected chi connectivity index (χ2v) is 5.67. The predicted octanol–water partition coefficient (Wildman–Crippen LogP) is 2.76. The summed E-state index contributed by atoms with van der Waals surface area (Å²) in [5.74, 6) is 0.643. The van der Waals surface area contributed by atoms with E-state index in [0.29, 0.717) is 17.9 Å². The van der Waals surface area contributed by atoms with Crippen LogP contribution in [0.4, 0.5) is 11.4 Å². The van der Waals surface area contributed by atoms with Crippen molar-refractivity contribution in [1.82, 2.24) is 0 Å². The van der Waals surface area contributed by atoms with E-state index in [1.165, 1.54) is 11.3 Å². The Morgan fingerprint density at radius 3 is 2.86 bits per heavy atom. The van der Waals surface area contributed by atoms with Crippen molar-refractivity contribution < 1.29 is 9.84 Å². The van der Waals surface area contributed by atoms with E-state index in [-0.39, 0.29) is 0 Å². The number of fused-ring (bicyclic) bond motifs is 1. The molecule has 0 aromatic heterocycles. The third-order valence-electron chi connectivity index (χ3n) is 4.29. The summed E-state index contributed by atoms with van der Waals surface area (Å²) >= 11 is 0. The number of para-hydroxylation sites is 1. The van der Waals surface area contributed by atoms with Gasteiger partial charge in [0.2, 0.25) is 0 Å². The van der Waals surface area contributed by atoms with Crippen molar-refractivity contribution in [1.29, 1.82) is 0 Å². The van der Waals surface area contributed by atoms with Gasteiger partial charge in [-0.3, -0.25) is 0 Å². The summed E-state index contributed by atoms with van der Waals surface area (Å²) in [6.07, 6.45) is 1.25. The van der Waals surface area contributed by atoms with Crippen LogP contribution < -0.4 is 15.4 Å². The zero-order chi connectivity index (χ0) is 15.5. The first kappa shape index (κ1) is 14.7. The second kappa shape index (κ2) is 6.28. The van der Waals surface area contributed by atoms with Crippen molar-refractivity contribution in [2.45, 2.75) is 18.9 Å². The van der Waals surface area contributed by atoms with E-state index in [1.54, 1.807) is 19.2 Å². The predicted molar refractivity (Wildman–Crippen MR) is 89.3 cm³/mol. The van der Waals surface area contributed by atoms with Gasteiger partial charge in [-0.05, 0) is 42.2 Å². The summed E-state index contributed by atoms with van der Waals surface area (Å²) in [7, 11) is 1.59. The SMILES string of the molecule is COc1ccc(C(O)CCN2CCc3ccccc32)cc1N. The smallest absolute Gasteiger partial charge is 0.141 e. The summed E-state index contributed by atoms with van der Waals surface area (Å²) in [6, 6.07) is 13.9. The highest BCUT2D eigenvalue weighted by Gasteiger charge is 2.19. The maximum absolute atomic E-state index is 10.4. The van der Waals surface area contributed by atoms with Gasteiger partial charge in [-0.2, -0.15) is 0 Å². The van der Waals surface area contributed by atoms with E-state index in [9.17, 15) is 5.11 Å². The van der Waals surface area contributed by atoms with Crippen LogP contribution in [0.3, 0.4) is 0 Å². The van der Waals surface area contributed by atoms with Crippen molar-refractivity contribution in [2.24, 2.45) is 0 Å². The fourth-order valence-electron chi connectivity index (χ4n) is 3.04. The van der Waals surface area contributed by atoms with Crippen molar-refractivity contribution >= 4 is 11.4 Å². The van der Waals surface area contributed by atoms with Gasteiger partial charge in [0.25, 0.3) is 0 Å². The quantitative estimate of drug-likeness (QED) is 0.833. The molecule has 22 heavy (non-hydrogen) atoms. The fraction of sp³-hybridized carbons (Fsp3) is 0.333. The molecule has 0 amide bonds. The van der Waals surface area contributed by atoms with Crippen molar-refractivity contribution in [3.63, 3.8) is 0 Å². The Kier molecular flexibility index (Phi) is 4.20. The van der Waals surface area contributed by atoms with Crippen molar-refractivity contribution in [3.8, 4) is 5.75 Å². The number of methoxy groups -OCH3 is 1. The van der Waals surface area contributed by atoms with E-state index in [2.05, 4.69) is 29.2 Å². The highest BCUT2D eigenvalue weighted by molar-refractivity contribution is 5.58. The van der Waals surface area contributed by atoms with E-state index in [0.717, 1.165) is 25.1 Å². The molecule has 0 radical (unpaired) electrons. The molecule has 0 fully saturated rings. The van der Waals surface area contributed by atoms with Gasteiger partial charge >= 0.3 is 0 Å². The van der Waals surface area contributed by atoms with Gasteiger partial charge in [0, 0.05) is 18.8 Å². The fourth-order valence-corrected chi connectivity index (χ4v) is 3.04. The van der Waals surface area contributed by atoms with Crippen LogP contribution in [0.1, 0.15) is 23.7 Å². The average Bonchev–Trinajstić information content (AvgIpc) is 2.95. The Morgan fingerprint density at radius 2 is 2.09 bits per heavy atom. The summed E-state index contributed by atoms with van der Waals surface area (Å²) in [5.41, 5.74) is 9.99. The molecule has 0 aliphatic carbocycles. The van der Waals surface area contributed by atoms with Gasteiger partial charge in [-0.15, -0.1) is 0 Å². The lowest BCUT2D eigenvalue weighted by atomic mass is 10.1. The van der Waals surface area contributed by atoms with Crippen LogP contribution in [0.5, 0.6) is 5.75 Å². The number of ether oxygens (including phenoxy) is 1. The first-order valence-electron chi connectivity index (χ1n) is 7.63. The van der Waals surface area contributed by atoms with Crippen LogP contribution in [0.2, 0.25) is 0 Å². The molecule has 2 aromatic carbocycles. The summed E-state index contributed by atoms with van der Waals surface area (Å²) in [5, 5.41) is 10.4. The molecule has 0 bridgehead atoms. The molecule has 2 aromatic rings. The number of hydrogen-bond acceptors (Lipinski definition) is 4. The normalized spacial score (nSPS) is 14.7. The highest BCUT2D eigenvalue weighted by atomic mass is 16.5. The standard InChI is InChI=1S/C18H22N2O2/c1-22-18-7-6-14(12-15(18)19)17(21)9-11-20-10-8-13-4-2-3-5-16(13)20/h2-7,12,17,21H,8-11,19H2,1H3. The van der Waals surface area contributed by atoms with Crippen molar-refractivity contribution in [3.05, 3.63) is 53.6 Å². The Labute approximate surface area is 131 Å². The Bertz CT molecular complexity index is 657. The van der Waals surface area contributed by atoms with E-state index in [1.807, 2.05) is 6.07 Å². The lowest BCUT2D eigenvalue weighted by molar-refractivity contribution is 0.169. The maximum atomic E-state index is 10.4. The number of nitrogen functional groups attached to an aromatic ring is 1. The molecular weight excluding hydrogens is 276 g/mol. The first-order chi connectivity index (χ1) is 10.7. The van der Waals surface area contributed by atoms with Gasteiger partial charge in [0.05, 0.1) is 18.9 Å². The molecule has 1 aliphatic rings. The lowest BCUT2D eigenvalue weighted by Gasteiger charge is -2.21. The highest BCUT2D eigenvalue weighted by Crippen LogP contribution is 2.30. The molecule has 3 rings (SSSR count). The van der Waals surface area contributed by atoms with Gasteiger partial charge in [-0.25, -0.2) is 0 Å². The Morgan fingerprint density at radius 1 is 1.27 bits per heavy atom. The Hall–Kier alpha value is -2.20. The number of nitrogens with zero attached hydrogens (tertiary/aromatic N) is 1. The van der Waals surface area contributed by atoms with Crippen molar-refractivity contribution in [2.75, 3.05) is 30.8 Å². The van der Waals surface area contributed by atoms with Crippen LogP contribution in [-0.2, 0) is 6.42 Å². The van der Waals surface area contributed by atoms with E-state index < -0.39 is 6.10 Å². The number of aliphatic hydroxyl groups is 1. The molecule has 1 atom stereocenters. The minimum absolute atomic E-state index is 0.513. The van der Waals surface area contributed by atoms with Gasteiger partial charge in [0.15, 0.2) is 0 Å². The van der Waals surface area contributed by atoms with E-state index in [4.69, 9.17) is 10.5 Å². The van der Waals surface area contributed by atoms with Crippen LogP contribution in [0, 0.1) is 0 Å². The molecule has 0 saturated carbocycles. The molecule has 4 heteroatoms. The zero-order valence-corrected chi connectivity index (χ0v) is 12.8. The first-order valence-corrected chi connectivity index (χ1v) is 7.63. The number of nitrogens with two attached hydrogens (primary N) is 1. The topological polar surface area (TPSA) is 58.7 Å². The molecule has 0 saturated heterocycles. The lowest BCUT2D eigenvalue weighted by Crippen LogP contribution is -2.23. The number of aliphatic hydroxyl groups excluding tert-OH is 1. The maximum Gasteiger partial charge on any atom is 0.141 e. The molecule has 1 heterocycles. The number of benzene rings is 2. The van der Waals surface area contributed by atoms with Crippen LogP contribution in [-0.4, -0.2) is 25.3 Å². The monoisotopic (exact) mass is 298 g/mol. The van der Waals surface area contributed by atoms with Crippen LogP contribution in [0.25, 0.3) is 0 Å². The largest absolute Gasteiger partial charge is 0.495 e. The summed E-state index contributed by atoms with van der Waals surface area (Å²) in [4.78, 5) is 2.34. The third kappa shape index (κ3) is 2.88. The van der Waals surface area contributed by atoms with Gasteiger partial charge in [-0.1, -0.05) is 24.3 Å². The van der Waals surface area contributed by atoms with Gasteiger partial charge in [0.1, 0.15) is 5.75 Å². The van der Waals surface area contributed by atoms with E-state index >= 15 is 0 Å². The van der Waals surface area contributed by atoms with Crippen LogP contribution in [0.15, 0.2) is 42.5 Å². The average molecular weight is 298 g/mol. The summed E-state index contributed by atoms with van der Waals surface area (Å²) in [6.45, 7) is 1.86. The molecule has 3 N–H and O–H groups in total. The minimum Gasteiger partial charge on any atom is -0.495 e. The third-order valence-corrected chi connectivity index (χ3v) is 4.29. The number of hydrogen-bond donors (Lipinski definition) is 2. The number of rotatable bonds is 5. The molecule has 1 unspecified atom stereocenters. The molecule has 116 valence electrons. The zero-order valence-electron chi connectivity index (χ0n) is 12.8. The molecular formula is C18H22N2O2. The molecule has 1 aliphatic heterocycles. The second-order valence-electron chi connectivity index (χ2n) is 5.67. The minimum atomic E-state index is -0.513. The Balaban J connectivity index is 1.63.